The number of hydrogen-bond acceptors (Lipinski definition) is 5. The van der Waals surface area contributed by atoms with E-state index < -0.39 is 5.97 Å². The molecular weight excluding hydrogens is 370 g/mol. The fourth-order valence-corrected chi connectivity index (χ4v) is 5.38. The van der Waals surface area contributed by atoms with Crippen LogP contribution in [-0.4, -0.2) is 21.8 Å². The standard InChI is InChI=1S/C22H27N3O2S/c1-13-6-7-14-12-15(19(26)27)8-9-16(14)25(24-13)20-23-17-18(28-20)22(4,5)11-10-21(17,2)3/h8-9,12H,6-7,10-11H2,1-5H3,(H,26,27). The molecular formula is C22H27N3O2S. The first-order valence-electron chi connectivity index (χ1n) is 9.81. The predicted molar refractivity (Wildman–Crippen MR) is 114 cm³/mol. The second kappa shape index (κ2) is 6.41. The fraction of sp³-hybridized carbons (Fsp3) is 0.500. The molecule has 0 bridgehead atoms. The Kier molecular flexibility index (Phi) is 4.38. The topological polar surface area (TPSA) is 65.8 Å². The van der Waals surface area contributed by atoms with Crippen LogP contribution in [0.2, 0.25) is 0 Å². The van der Waals surface area contributed by atoms with Gasteiger partial charge in [0.1, 0.15) is 0 Å². The van der Waals surface area contributed by atoms with Crippen LogP contribution in [0.5, 0.6) is 0 Å². The SMILES string of the molecule is CC1=NN(c2nc3c(s2)C(C)(C)CCC3(C)C)c2ccc(C(=O)O)cc2CC1. The molecule has 2 aromatic rings. The van der Waals surface area contributed by atoms with E-state index in [4.69, 9.17) is 10.1 Å². The van der Waals surface area contributed by atoms with Crippen molar-refractivity contribution < 1.29 is 9.90 Å². The van der Waals surface area contributed by atoms with Gasteiger partial charge in [0.05, 0.1) is 16.9 Å². The number of carboxylic acids is 1. The molecule has 28 heavy (non-hydrogen) atoms. The van der Waals surface area contributed by atoms with Gasteiger partial charge in [-0.2, -0.15) is 5.10 Å². The van der Waals surface area contributed by atoms with Gasteiger partial charge in [0.2, 0.25) is 5.13 Å². The Labute approximate surface area is 170 Å². The Morgan fingerprint density at radius 1 is 1.14 bits per heavy atom. The minimum atomic E-state index is -0.899. The largest absolute Gasteiger partial charge is 0.478 e. The van der Waals surface area contributed by atoms with E-state index in [9.17, 15) is 9.90 Å². The number of aromatic nitrogens is 1. The van der Waals surface area contributed by atoms with Crippen LogP contribution in [0.25, 0.3) is 0 Å². The highest BCUT2D eigenvalue weighted by Crippen LogP contribution is 2.50. The van der Waals surface area contributed by atoms with Crippen molar-refractivity contribution in [2.75, 3.05) is 5.01 Å². The molecule has 0 saturated carbocycles. The molecule has 1 aromatic heterocycles. The zero-order valence-corrected chi connectivity index (χ0v) is 18.0. The summed E-state index contributed by atoms with van der Waals surface area (Å²) >= 11 is 1.73. The molecule has 1 aromatic carbocycles. The molecule has 1 aliphatic heterocycles. The first-order valence-corrected chi connectivity index (χ1v) is 10.6. The van der Waals surface area contributed by atoms with Gasteiger partial charge in [-0.25, -0.2) is 14.8 Å². The third kappa shape index (κ3) is 3.13. The van der Waals surface area contributed by atoms with E-state index in [1.165, 1.54) is 10.6 Å². The third-order valence-corrected chi connectivity index (χ3v) is 7.41. The molecule has 1 N–H and O–H groups in total. The van der Waals surface area contributed by atoms with Crippen molar-refractivity contribution in [3.05, 3.63) is 39.9 Å². The lowest BCUT2D eigenvalue weighted by molar-refractivity contribution is 0.0697. The lowest BCUT2D eigenvalue weighted by Gasteiger charge is -2.37. The van der Waals surface area contributed by atoms with Crippen molar-refractivity contribution in [3.8, 4) is 0 Å². The Morgan fingerprint density at radius 3 is 2.54 bits per heavy atom. The monoisotopic (exact) mass is 397 g/mol. The van der Waals surface area contributed by atoms with Crippen LogP contribution < -0.4 is 5.01 Å². The predicted octanol–water partition coefficient (Wildman–Crippen LogP) is 5.65. The van der Waals surface area contributed by atoms with E-state index in [0.29, 0.717) is 5.56 Å². The Morgan fingerprint density at radius 2 is 1.86 bits per heavy atom. The summed E-state index contributed by atoms with van der Waals surface area (Å²) in [4.78, 5) is 17.8. The molecule has 0 atom stereocenters. The smallest absolute Gasteiger partial charge is 0.335 e. The van der Waals surface area contributed by atoms with Gasteiger partial charge < -0.3 is 5.11 Å². The van der Waals surface area contributed by atoms with Crippen molar-refractivity contribution in [2.45, 2.75) is 71.1 Å². The average molecular weight is 398 g/mol. The third-order valence-electron chi connectivity index (χ3n) is 6.01. The van der Waals surface area contributed by atoms with Crippen LogP contribution in [0.3, 0.4) is 0 Å². The van der Waals surface area contributed by atoms with Crippen LogP contribution in [0.15, 0.2) is 23.3 Å². The number of nitrogens with zero attached hydrogens (tertiary/aromatic N) is 3. The van der Waals surface area contributed by atoms with E-state index in [0.717, 1.165) is 47.8 Å². The Balaban J connectivity index is 1.87. The lowest BCUT2D eigenvalue weighted by Crippen LogP contribution is -2.32. The highest BCUT2D eigenvalue weighted by atomic mass is 32.1. The van der Waals surface area contributed by atoms with Gasteiger partial charge >= 0.3 is 5.97 Å². The minimum absolute atomic E-state index is 0.0558. The Bertz CT molecular complexity index is 954. The minimum Gasteiger partial charge on any atom is -0.478 e. The quantitative estimate of drug-likeness (QED) is 0.711. The van der Waals surface area contributed by atoms with Crippen LogP contribution in [0.4, 0.5) is 10.8 Å². The second-order valence-electron chi connectivity index (χ2n) is 9.24. The molecule has 0 unspecified atom stereocenters. The zero-order valence-electron chi connectivity index (χ0n) is 17.2. The summed E-state index contributed by atoms with van der Waals surface area (Å²) in [5, 5.41) is 17.0. The molecule has 2 aliphatic rings. The van der Waals surface area contributed by atoms with Gasteiger partial charge in [0, 0.05) is 21.4 Å². The number of anilines is 2. The first-order chi connectivity index (χ1) is 13.1. The van der Waals surface area contributed by atoms with E-state index in [-0.39, 0.29) is 10.8 Å². The fourth-order valence-electron chi connectivity index (χ4n) is 4.04. The molecule has 0 amide bonds. The maximum absolute atomic E-state index is 11.4. The number of carboxylic acid groups (broad SMARTS) is 1. The van der Waals surface area contributed by atoms with Crippen LogP contribution in [0, 0.1) is 0 Å². The van der Waals surface area contributed by atoms with Gasteiger partial charge in [0.25, 0.3) is 0 Å². The molecule has 0 radical (unpaired) electrons. The number of carbonyl (C=O) groups is 1. The zero-order chi connectivity index (χ0) is 20.3. The number of benzene rings is 1. The van der Waals surface area contributed by atoms with Gasteiger partial charge in [-0.15, -0.1) is 0 Å². The molecule has 148 valence electrons. The lowest BCUT2D eigenvalue weighted by atomic mass is 9.69. The molecule has 6 heteroatoms. The van der Waals surface area contributed by atoms with Crippen LogP contribution in [0.1, 0.15) is 80.4 Å². The summed E-state index contributed by atoms with van der Waals surface area (Å²) in [6, 6.07) is 5.31. The molecule has 4 rings (SSSR count). The molecule has 0 fully saturated rings. The van der Waals surface area contributed by atoms with Crippen LogP contribution in [-0.2, 0) is 17.3 Å². The highest BCUT2D eigenvalue weighted by molar-refractivity contribution is 7.16. The molecule has 0 spiro atoms. The number of thiazole rings is 1. The number of hydrazone groups is 1. The highest BCUT2D eigenvalue weighted by Gasteiger charge is 2.41. The van der Waals surface area contributed by atoms with Crippen molar-refractivity contribution in [3.63, 3.8) is 0 Å². The van der Waals surface area contributed by atoms with E-state index in [1.807, 2.05) is 18.0 Å². The second-order valence-corrected chi connectivity index (χ2v) is 10.2. The van der Waals surface area contributed by atoms with E-state index in [1.54, 1.807) is 23.5 Å². The van der Waals surface area contributed by atoms with Crippen molar-refractivity contribution >= 4 is 33.8 Å². The number of hydrogen-bond donors (Lipinski definition) is 1. The average Bonchev–Trinajstić information content (AvgIpc) is 3.03. The first kappa shape index (κ1) is 19.1. The van der Waals surface area contributed by atoms with E-state index >= 15 is 0 Å². The van der Waals surface area contributed by atoms with Gasteiger partial charge in [0.15, 0.2) is 0 Å². The summed E-state index contributed by atoms with van der Waals surface area (Å²) in [6.07, 6.45) is 3.87. The van der Waals surface area contributed by atoms with Gasteiger partial charge in [-0.1, -0.05) is 39.0 Å². The van der Waals surface area contributed by atoms with Gasteiger partial charge in [-0.05, 0) is 56.4 Å². The van der Waals surface area contributed by atoms with Crippen molar-refractivity contribution in [1.82, 2.24) is 4.98 Å². The number of fused-ring (bicyclic) bond motifs is 2. The molecule has 2 heterocycles. The number of aryl methyl sites for hydroxylation is 1. The maximum atomic E-state index is 11.4. The number of rotatable bonds is 2. The Hall–Kier alpha value is -2.21. The summed E-state index contributed by atoms with van der Waals surface area (Å²) in [7, 11) is 0. The normalized spacial score (nSPS) is 20.0. The van der Waals surface area contributed by atoms with E-state index in [2.05, 4.69) is 27.7 Å². The van der Waals surface area contributed by atoms with Crippen molar-refractivity contribution in [2.24, 2.45) is 5.10 Å². The summed E-state index contributed by atoms with van der Waals surface area (Å²) < 4.78 is 0. The summed E-state index contributed by atoms with van der Waals surface area (Å²) in [5.41, 5.74) is 4.64. The van der Waals surface area contributed by atoms with Gasteiger partial charge in [-0.3, -0.25) is 0 Å². The molecule has 1 aliphatic carbocycles. The molecule has 0 saturated heterocycles. The number of aromatic carboxylic acids is 1. The van der Waals surface area contributed by atoms with Crippen molar-refractivity contribution in [1.29, 1.82) is 0 Å². The molecule has 5 nitrogen and oxygen atoms in total. The van der Waals surface area contributed by atoms with Crippen LogP contribution >= 0.6 is 11.3 Å². The maximum Gasteiger partial charge on any atom is 0.335 e. The summed E-state index contributed by atoms with van der Waals surface area (Å²) in [6.45, 7) is 11.2. The summed E-state index contributed by atoms with van der Waals surface area (Å²) in [5.74, 6) is -0.899.